The van der Waals surface area contributed by atoms with E-state index in [4.69, 9.17) is 0 Å². The van der Waals surface area contributed by atoms with Gasteiger partial charge < -0.3 is 0 Å². The zero-order valence-electron chi connectivity index (χ0n) is 16.7. The van der Waals surface area contributed by atoms with E-state index in [1.807, 2.05) is 30.3 Å². The summed E-state index contributed by atoms with van der Waals surface area (Å²) in [4.78, 5) is 12.7. The van der Waals surface area contributed by atoms with Gasteiger partial charge in [-0.25, -0.2) is 0 Å². The number of rotatable bonds is 5. The molecule has 3 heteroatoms. The average molecular weight is 595 g/mol. The van der Waals surface area contributed by atoms with Crippen LogP contribution in [-0.2, 0) is 11.8 Å². The molecule has 144 valence electrons. The predicted octanol–water partition coefficient (Wildman–Crippen LogP) is 3.45. The van der Waals surface area contributed by atoms with Crippen molar-refractivity contribution in [2.75, 3.05) is 0 Å². The van der Waals surface area contributed by atoms with Crippen LogP contribution in [0.3, 0.4) is 0 Å². The first kappa shape index (κ1) is 21.5. The maximum Gasteiger partial charge on any atom is 0.358 e. The molecule has 0 aliphatic carbocycles. The quantitative estimate of drug-likeness (QED) is 0.327. The maximum atomic E-state index is 12.7. The third kappa shape index (κ3) is 5.66. The summed E-state index contributed by atoms with van der Waals surface area (Å²) in [5.41, 5.74) is 4.66. The van der Waals surface area contributed by atoms with E-state index in [-0.39, 0.29) is 32.4 Å². The van der Waals surface area contributed by atoms with Crippen molar-refractivity contribution < 1.29 is 26.0 Å². The number of halogens is 2. The lowest BCUT2D eigenvalue weighted by atomic mass is 9.87. The molecule has 0 bridgehead atoms. The molecule has 0 atom stereocenters. The highest BCUT2D eigenvalue weighted by atomic mass is 127. The van der Waals surface area contributed by atoms with E-state index < -0.39 is 0 Å². The van der Waals surface area contributed by atoms with Gasteiger partial charge in [0.1, 0.15) is 0 Å². The highest BCUT2D eigenvalue weighted by molar-refractivity contribution is 14.1. The normalized spacial score (nSPS) is 11.5. The number of benzene rings is 3. The molecule has 1 nitrogen and oxygen atoms in total. The van der Waals surface area contributed by atoms with Gasteiger partial charge in [0.25, 0.3) is 0 Å². The Bertz CT molecular complexity index is 965. The Morgan fingerprint density at radius 1 is 0.929 bits per heavy atom. The SMILES string of the molecule is Cc1cc(C(=O)Cc2ccc(I)cc2)ccc1[I+]c1ccc(C(C)(C)C)cc1. The highest BCUT2D eigenvalue weighted by Gasteiger charge is 2.21. The van der Waals surface area contributed by atoms with E-state index in [1.54, 1.807) is 0 Å². The maximum absolute atomic E-state index is 12.7. The number of hydrogen-bond donors (Lipinski definition) is 0. The van der Waals surface area contributed by atoms with Gasteiger partial charge in [-0.05, 0) is 88.5 Å². The molecule has 0 aliphatic heterocycles. The molecular weight excluding hydrogens is 570 g/mol. The zero-order chi connectivity index (χ0) is 20.3. The Kier molecular flexibility index (Phi) is 6.97. The standard InChI is InChI=1S/C25H25I2O/c1-17-15-19(24(28)16-18-5-10-21(26)11-6-18)7-14-23(17)27-22-12-8-20(9-13-22)25(2,3)4/h5-15H,16H2,1-4H3/q+1. The summed E-state index contributed by atoms with van der Waals surface area (Å²) in [6.07, 6.45) is 0.457. The summed E-state index contributed by atoms with van der Waals surface area (Å²) in [7, 11) is 0. The first-order valence-corrected chi connectivity index (χ1v) is 12.6. The van der Waals surface area contributed by atoms with Crippen LogP contribution in [-0.4, -0.2) is 5.78 Å². The largest absolute Gasteiger partial charge is 0.358 e. The van der Waals surface area contributed by atoms with Crippen LogP contribution in [0.4, 0.5) is 0 Å². The number of carbonyl (C=O) groups is 1. The third-order valence-corrected chi connectivity index (χ3v) is 8.53. The summed E-state index contributed by atoms with van der Waals surface area (Å²) in [5.74, 6) is 0.184. The number of ketones is 1. The molecule has 0 amide bonds. The molecule has 0 N–H and O–H groups in total. The molecule has 0 saturated carbocycles. The van der Waals surface area contributed by atoms with Crippen molar-refractivity contribution >= 4 is 28.4 Å². The molecule has 0 fully saturated rings. The van der Waals surface area contributed by atoms with E-state index in [9.17, 15) is 4.79 Å². The average Bonchev–Trinajstić information content (AvgIpc) is 2.65. The first-order valence-electron chi connectivity index (χ1n) is 9.36. The monoisotopic (exact) mass is 595 g/mol. The van der Waals surface area contributed by atoms with Crippen molar-refractivity contribution in [1.82, 2.24) is 0 Å². The van der Waals surface area contributed by atoms with Gasteiger partial charge in [-0.2, -0.15) is 0 Å². The molecule has 0 saturated heterocycles. The van der Waals surface area contributed by atoms with Gasteiger partial charge in [0, 0.05) is 21.1 Å². The molecule has 0 aliphatic rings. The van der Waals surface area contributed by atoms with Gasteiger partial charge >= 0.3 is 21.2 Å². The Balaban J connectivity index is 1.71. The van der Waals surface area contributed by atoms with Crippen LogP contribution in [0.25, 0.3) is 0 Å². The van der Waals surface area contributed by atoms with Crippen LogP contribution in [0.2, 0.25) is 0 Å². The molecule has 0 heterocycles. The van der Waals surface area contributed by atoms with Crippen LogP contribution in [0, 0.1) is 17.6 Å². The fraction of sp³-hybridized carbons (Fsp3) is 0.240. The lowest BCUT2D eigenvalue weighted by Crippen LogP contribution is -3.61. The van der Waals surface area contributed by atoms with E-state index in [0.717, 1.165) is 11.1 Å². The lowest BCUT2D eigenvalue weighted by molar-refractivity contribution is -0.598. The number of hydrogen-bond acceptors (Lipinski definition) is 1. The minimum atomic E-state index is -0.240. The zero-order valence-corrected chi connectivity index (χ0v) is 21.0. The van der Waals surface area contributed by atoms with Gasteiger partial charge in [0.2, 0.25) is 0 Å². The van der Waals surface area contributed by atoms with Gasteiger partial charge in [-0.3, -0.25) is 4.79 Å². The molecule has 28 heavy (non-hydrogen) atoms. The Morgan fingerprint density at radius 3 is 2.14 bits per heavy atom. The molecule has 3 aromatic carbocycles. The summed E-state index contributed by atoms with van der Waals surface area (Å²) in [5, 5.41) is 0. The van der Waals surface area contributed by atoms with E-state index >= 15 is 0 Å². The molecular formula is C25H25I2O+. The van der Waals surface area contributed by atoms with E-state index in [0.29, 0.717) is 6.42 Å². The van der Waals surface area contributed by atoms with Crippen LogP contribution >= 0.6 is 22.6 Å². The fourth-order valence-electron chi connectivity index (χ4n) is 2.94. The molecule has 0 radical (unpaired) electrons. The summed E-state index contributed by atoms with van der Waals surface area (Å²) in [6.45, 7) is 8.85. The molecule has 0 unspecified atom stereocenters. The Hall–Kier alpha value is -1.21. The molecule has 3 aromatic rings. The first-order chi connectivity index (χ1) is 13.2. The summed E-state index contributed by atoms with van der Waals surface area (Å²) < 4.78 is 3.98. The molecule has 0 spiro atoms. The van der Waals surface area contributed by atoms with Crippen molar-refractivity contribution in [1.29, 1.82) is 0 Å². The smallest absolute Gasteiger partial charge is 0.294 e. The summed E-state index contributed by atoms with van der Waals surface area (Å²) in [6, 6.07) is 23.4. The van der Waals surface area contributed by atoms with E-state index in [1.165, 1.54) is 21.8 Å². The van der Waals surface area contributed by atoms with Crippen molar-refractivity contribution in [2.24, 2.45) is 0 Å². The summed E-state index contributed by atoms with van der Waals surface area (Å²) >= 11 is 2.04. The van der Waals surface area contributed by atoms with Crippen molar-refractivity contribution in [3.05, 3.63) is 99.7 Å². The van der Waals surface area contributed by atoms with Crippen LogP contribution in [0.15, 0.2) is 66.7 Å². The number of Topliss-reactive ketones (excluding diaryl/α,β-unsaturated/α-hetero) is 1. The van der Waals surface area contributed by atoms with E-state index in [2.05, 4.69) is 86.7 Å². The minimum Gasteiger partial charge on any atom is -0.294 e. The second-order valence-electron chi connectivity index (χ2n) is 8.04. The lowest BCUT2D eigenvalue weighted by Gasteiger charge is -2.18. The molecule has 3 rings (SSSR count). The Morgan fingerprint density at radius 2 is 1.57 bits per heavy atom. The van der Waals surface area contributed by atoms with Gasteiger partial charge in [-0.1, -0.05) is 45.0 Å². The third-order valence-electron chi connectivity index (χ3n) is 4.68. The van der Waals surface area contributed by atoms with Crippen LogP contribution < -0.4 is 21.2 Å². The second-order valence-corrected chi connectivity index (χ2v) is 12.2. The minimum absolute atomic E-state index is 0.184. The Labute approximate surface area is 192 Å². The number of aryl methyl sites for hydroxylation is 1. The second kappa shape index (κ2) is 9.08. The highest BCUT2D eigenvalue weighted by Crippen LogP contribution is 2.21. The topological polar surface area (TPSA) is 17.1 Å². The van der Waals surface area contributed by atoms with Crippen molar-refractivity contribution in [3.63, 3.8) is 0 Å². The van der Waals surface area contributed by atoms with Gasteiger partial charge in [-0.15, -0.1) is 0 Å². The number of carbonyl (C=O) groups excluding carboxylic acids is 1. The van der Waals surface area contributed by atoms with Crippen LogP contribution in [0.1, 0.15) is 47.8 Å². The molecule has 0 aromatic heterocycles. The van der Waals surface area contributed by atoms with Gasteiger partial charge in [0.15, 0.2) is 12.9 Å². The fourth-order valence-corrected chi connectivity index (χ4v) is 5.63. The van der Waals surface area contributed by atoms with Crippen molar-refractivity contribution in [3.8, 4) is 0 Å². The van der Waals surface area contributed by atoms with Crippen molar-refractivity contribution in [2.45, 2.75) is 39.5 Å². The van der Waals surface area contributed by atoms with Crippen LogP contribution in [0.5, 0.6) is 0 Å². The predicted molar refractivity (Wildman–Crippen MR) is 121 cm³/mol. The van der Waals surface area contributed by atoms with Gasteiger partial charge in [0.05, 0.1) is 0 Å².